The molecular weight excluding hydrogens is 537 g/mol. The normalized spacial score (nSPS) is 16.1. The molecule has 0 aliphatic carbocycles. The first-order valence-electron chi connectivity index (χ1n) is 14.2. The van der Waals surface area contributed by atoms with Crippen molar-refractivity contribution in [2.24, 2.45) is 10.9 Å². The number of alkyl halides is 3. The lowest BCUT2D eigenvalue weighted by molar-refractivity contribution is -0.137. The van der Waals surface area contributed by atoms with Crippen molar-refractivity contribution in [2.75, 3.05) is 13.1 Å². The van der Waals surface area contributed by atoms with Crippen LogP contribution < -0.4 is 0 Å². The van der Waals surface area contributed by atoms with Crippen LogP contribution in [0.1, 0.15) is 35.4 Å². The van der Waals surface area contributed by atoms with E-state index in [4.69, 9.17) is 9.98 Å². The Morgan fingerprint density at radius 1 is 0.881 bits per heavy atom. The first-order valence-corrected chi connectivity index (χ1v) is 14.2. The van der Waals surface area contributed by atoms with Crippen molar-refractivity contribution >= 4 is 17.2 Å². The van der Waals surface area contributed by atoms with Crippen LogP contribution in [-0.2, 0) is 19.1 Å². The lowest BCUT2D eigenvalue weighted by Gasteiger charge is -2.32. The molecule has 0 unspecified atom stereocenters. The molecule has 2 aliphatic rings. The van der Waals surface area contributed by atoms with Gasteiger partial charge in [-0.2, -0.15) is 23.3 Å². The Morgan fingerprint density at radius 2 is 1.64 bits per heavy atom. The van der Waals surface area contributed by atoms with Crippen molar-refractivity contribution in [3.8, 4) is 22.4 Å². The quantitative estimate of drug-likeness (QED) is 0.224. The van der Waals surface area contributed by atoms with Gasteiger partial charge in [0.2, 0.25) is 0 Å². The number of nitrogens with zero attached hydrogens (tertiary/aromatic N) is 6. The summed E-state index contributed by atoms with van der Waals surface area (Å²) in [5.41, 5.74) is 6.97. The zero-order valence-corrected chi connectivity index (χ0v) is 23.1. The fraction of sp³-hybridized carbons (Fsp3) is 0.273. The third-order valence-electron chi connectivity index (χ3n) is 8.26. The molecule has 0 N–H and O–H groups in total. The molecule has 212 valence electrons. The maximum Gasteiger partial charge on any atom is 0.416 e. The smallest absolute Gasteiger partial charge is 0.299 e. The molecule has 2 aliphatic heterocycles. The summed E-state index contributed by atoms with van der Waals surface area (Å²) in [4.78, 5) is 16.5. The third-order valence-corrected chi connectivity index (χ3v) is 8.26. The van der Waals surface area contributed by atoms with Crippen LogP contribution in [0.5, 0.6) is 0 Å². The molecule has 1 fully saturated rings. The van der Waals surface area contributed by atoms with E-state index in [-0.39, 0.29) is 0 Å². The summed E-state index contributed by atoms with van der Waals surface area (Å²) in [5, 5.41) is 4.46. The van der Waals surface area contributed by atoms with Gasteiger partial charge in [0.25, 0.3) is 5.78 Å². The molecule has 7 rings (SSSR count). The summed E-state index contributed by atoms with van der Waals surface area (Å²) < 4.78 is 41.1. The standard InChI is InChI=1S/C33H29F3N6/c1-21-37-32-39-31(28(20-42(32)40-21)23-5-3-2-4-6-23)25-9-7-22(8-10-25)19-41-15-13-24(14-16-41)30-18-26-17-27(33(34,35)36)11-12-29(26)38-30/h2-12,17,20,24H,13-16,18-19H2,1H3. The summed E-state index contributed by atoms with van der Waals surface area (Å²) in [6, 6.07) is 22.6. The Bertz CT molecular complexity index is 1780. The molecule has 0 atom stereocenters. The van der Waals surface area contributed by atoms with Crippen molar-refractivity contribution in [1.29, 1.82) is 0 Å². The SMILES string of the molecule is Cc1nc2nc(-c3ccc(CN4CCC(C5=Nc6ccc(C(F)(F)F)cc6C5)CC4)cc3)c(-c3ccccc3)cn2n1. The molecule has 0 radical (unpaired) electrons. The van der Waals surface area contributed by atoms with Crippen LogP contribution >= 0.6 is 0 Å². The molecule has 42 heavy (non-hydrogen) atoms. The van der Waals surface area contributed by atoms with Gasteiger partial charge in [0, 0.05) is 41.9 Å². The van der Waals surface area contributed by atoms with Gasteiger partial charge >= 0.3 is 6.18 Å². The topological polar surface area (TPSA) is 58.7 Å². The van der Waals surface area contributed by atoms with Crippen molar-refractivity contribution < 1.29 is 13.2 Å². The molecular formula is C33H29F3N6. The molecule has 0 saturated carbocycles. The molecule has 1 saturated heterocycles. The van der Waals surface area contributed by atoms with Gasteiger partial charge in [-0.25, -0.2) is 9.50 Å². The van der Waals surface area contributed by atoms with Crippen LogP contribution in [0.2, 0.25) is 0 Å². The second-order valence-electron chi connectivity index (χ2n) is 11.1. The summed E-state index contributed by atoms with van der Waals surface area (Å²) in [5.74, 6) is 1.56. The second kappa shape index (κ2) is 10.5. The van der Waals surface area contributed by atoms with E-state index in [1.807, 2.05) is 31.3 Å². The van der Waals surface area contributed by atoms with E-state index < -0.39 is 11.7 Å². The predicted octanol–water partition coefficient (Wildman–Crippen LogP) is 7.33. The van der Waals surface area contributed by atoms with E-state index in [0.717, 1.165) is 66.6 Å². The average molecular weight is 567 g/mol. The monoisotopic (exact) mass is 566 g/mol. The summed E-state index contributed by atoms with van der Waals surface area (Å²) >= 11 is 0. The molecule has 9 heteroatoms. The van der Waals surface area contributed by atoms with Crippen molar-refractivity contribution in [1.82, 2.24) is 24.5 Å². The fourth-order valence-corrected chi connectivity index (χ4v) is 6.06. The molecule has 2 aromatic heterocycles. The van der Waals surface area contributed by atoms with E-state index >= 15 is 0 Å². The van der Waals surface area contributed by atoms with E-state index in [1.165, 1.54) is 17.7 Å². The Morgan fingerprint density at radius 3 is 2.38 bits per heavy atom. The number of rotatable bonds is 5. The molecule has 5 aromatic rings. The number of aryl methyl sites for hydroxylation is 1. The summed E-state index contributed by atoms with van der Waals surface area (Å²) in [6.07, 6.45) is 0.0996. The van der Waals surface area contributed by atoms with E-state index in [9.17, 15) is 13.2 Å². The number of halogens is 3. The number of fused-ring (bicyclic) bond motifs is 2. The van der Waals surface area contributed by atoms with Gasteiger partial charge in [0.15, 0.2) is 0 Å². The Hall–Kier alpha value is -4.37. The number of hydrogen-bond donors (Lipinski definition) is 0. The van der Waals surface area contributed by atoms with Gasteiger partial charge in [-0.3, -0.25) is 9.89 Å². The highest BCUT2D eigenvalue weighted by atomic mass is 19.4. The number of likely N-dealkylation sites (tertiary alicyclic amines) is 1. The lowest BCUT2D eigenvalue weighted by Crippen LogP contribution is -2.36. The van der Waals surface area contributed by atoms with Gasteiger partial charge < -0.3 is 0 Å². The maximum absolute atomic E-state index is 13.1. The van der Waals surface area contributed by atoms with Crippen LogP contribution in [0.3, 0.4) is 0 Å². The predicted molar refractivity (Wildman–Crippen MR) is 157 cm³/mol. The number of hydrogen-bond acceptors (Lipinski definition) is 5. The minimum atomic E-state index is -4.33. The lowest BCUT2D eigenvalue weighted by atomic mass is 9.89. The number of aliphatic imine (C=N–C) groups is 1. The summed E-state index contributed by atoms with van der Waals surface area (Å²) in [7, 11) is 0. The highest BCUT2D eigenvalue weighted by Crippen LogP contribution is 2.37. The fourth-order valence-electron chi connectivity index (χ4n) is 6.06. The van der Waals surface area contributed by atoms with E-state index in [2.05, 4.69) is 51.4 Å². The van der Waals surface area contributed by atoms with Gasteiger partial charge in [-0.15, -0.1) is 0 Å². The van der Waals surface area contributed by atoms with E-state index in [1.54, 1.807) is 4.52 Å². The van der Waals surface area contributed by atoms with Gasteiger partial charge in [-0.05, 0) is 67.7 Å². The second-order valence-corrected chi connectivity index (χ2v) is 11.1. The van der Waals surface area contributed by atoms with E-state index in [0.29, 0.717) is 35.2 Å². The minimum absolute atomic E-state index is 0.309. The Labute approximate surface area is 241 Å². The first-order chi connectivity index (χ1) is 20.3. The van der Waals surface area contributed by atoms with Crippen molar-refractivity contribution in [3.05, 3.63) is 102 Å². The van der Waals surface area contributed by atoms with Crippen molar-refractivity contribution in [3.63, 3.8) is 0 Å². The first kappa shape index (κ1) is 26.5. The molecule has 3 aromatic carbocycles. The van der Waals surface area contributed by atoms with Crippen LogP contribution in [0.15, 0.2) is 84.0 Å². The van der Waals surface area contributed by atoms with Crippen LogP contribution in [0.4, 0.5) is 18.9 Å². The zero-order chi connectivity index (χ0) is 28.8. The number of aromatic nitrogens is 4. The number of benzene rings is 3. The molecule has 0 bridgehead atoms. The summed E-state index contributed by atoms with van der Waals surface area (Å²) in [6.45, 7) is 4.56. The van der Waals surface area contributed by atoms with Crippen LogP contribution in [0, 0.1) is 12.8 Å². The van der Waals surface area contributed by atoms with Gasteiger partial charge in [0.1, 0.15) is 5.82 Å². The van der Waals surface area contributed by atoms with Crippen LogP contribution in [0.25, 0.3) is 28.2 Å². The molecule has 0 amide bonds. The molecule has 0 spiro atoms. The Kier molecular flexibility index (Phi) is 6.61. The number of piperidine rings is 1. The van der Waals surface area contributed by atoms with Crippen molar-refractivity contribution in [2.45, 2.75) is 38.9 Å². The highest BCUT2D eigenvalue weighted by Gasteiger charge is 2.33. The maximum atomic E-state index is 13.1. The third kappa shape index (κ3) is 5.20. The average Bonchev–Trinajstić information content (AvgIpc) is 3.59. The largest absolute Gasteiger partial charge is 0.416 e. The molecule has 6 nitrogen and oxygen atoms in total. The van der Waals surface area contributed by atoms with Gasteiger partial charge in [0.05, 0.1) is 16.9 Å². The minimum Gasteiger partial charge on any atom is -0.299 e. The Balaban J connectivity index is 1.02. The molecule has 4 heterocycles. The van der Waals surface area contributed by atoms with Crippen LogP contribution in [-0.4, -0.2) is 43.3 Å². The zero-order valence-electron chi connectivity index (χ0n) is 23.1. The highest BCUT2D eigenvalue weighted by molar-refractivity contribution is 5.95. The van der Waals surface area contributed by atoms with Gasteiger partial charge in [-0.1, -0.05) is 54.6 Å².